The fraction of sp³-hybridized carbons (Fsp3) is 0.636. The van der Waals surface area contributed by atoms with E-state index >= 15 is 0 Å². The summed E-state index contributed by atoms with van der Waals surface area (Å²) in [6.07, 6.45) is 4.58. The Hall–Kier alpha value is -1.12. The van der Waals surface area contributed by atoms with Crippen LogP contribution in [0.2, 0.25) is 0 Å². The molecular formula is C11H19N3. The van der Waals surface area contributed by atoms with Gasteiger partial charge in [0.25, 0.3) is 0 Å². The normalized spacial score (nSPS) is 18.3. The van der Waals surface area contributed by atoms with Gasteiger partial charge in [0.1, 0.15) is 5.84 Å². The van der Waals surface area contributed by atoms with E-state index in [1.165, 1.54) is 18.4 Å². The van der Waals surface area contributed by atoms with Crippen molar-refractivity contribution in [1.82, 2.24) is 5.32 Å². The minimum absolute atomic E-state index is 0.903. The lowest BCUT2D eigenvalue weighted by molar-refractivity contribution is 0.679. The molecule has 0 spiro atoms. The van der Waals surface area contributed by atoms with Gasteiger partial charge >= 0.3 is 0 Å². The van der Waals surface area contributed by atoms with Crippen molar-refractivity contribution in [2.75, 3.05) is 13.6 Å². The fourth-order valence-corrected chi connectivity index (χ4v) is 1.81. The van der Waals surface area contributed by atoms with E-state index < -0.39 is 0 Å². The minimum atomic E-state index is 0.903. The first kappa shape index (κ1) is 11.0. The molecule has 0 atom stereocenters. The third-order valence-corrected chi connectivity index (χ3v) is 2.48. The molecule has 0 saturated carbocycles. The Bertz CT molecular complexity index is 264. The number of amidine groups is 1. The number of allylic oxidation sites excluding steroid dienone is 1. The summed E-state index contributed by atoms with van der Waals surface area (Å²) >= 11 is 0. The van der Waals surface area contributed by atoms with Gasteiger partial charge in [0.15, 0.2) is 0 Å². The summed E-state index contributed by atoms with van der Waals surface area (Å²) < 4.78 is 0. The monoisotopic (exact) mass is 193 g/mol. The number of rotatable bonds is 3. The zero-order valence-electron chi connectivity index (χ0n) is 9.14. The Morgan fingerprint density at radius 2 is 2.14 bits per heavy atom. The second kappa shape index (κ2) is 5.58. The fourth-order valence-electron chi connectivity index (χ4n) is 1.81. The van der Waals surface area contributed by atoms with E-state index in [2.05, 4.69) is 28.9 Å². The van der Waals surface area contributed by atoms with Gasteiger partial charge < -0.3 is 5.32 Å². The van der Waals surface area contributed by atoms with Crippen LogP contribution in [-0.2, 0) is 0 Å². The Morgan fingerprint density at radius 1 is 1.43 bits per heavy atom. The summed E-state index contributed by atoms with van der Waals surface area (Å²) in [7, 11) is 1.82. The molecule has 0 aliphatic heterocycles. The van der Waals surface area contributed by atoms with Crippen LogP contribution in [0.25, 0.3) is 0 Å². The van der Waals surface area contributed by atoms with Crippen LogP contribution in [0, 0.1) is 0 Å². The third-order valence-electron chi connectivity index (χ3n) is 2.48. The maximum absolute atomic E-state index is 4.26. The van der Waals surface area contributed by atoms with Crippen LogP contribution in [0.15, 0.2) is 21.3 Å². The SMILES string of the molecule is C=NC1=C(C(=NC)NCC)CCCC1. The number of hydrogen-bond donors (Lipinski definition) is 1. The van der Waals surface area contributed by atoms with E-state index in [1.807, 2.05) is 7.05 Å². The van der Waals surface area contributed by atoms with Crippen molar-refractivity contribution >= 4 is 12.6 Å². The molecule has 0 aromatic heterocycles. The molecule has 1 aliphatic rings. The summed E-state index contributed by atoms with van der Waals surface area (Å²) in [4.78, 5) is 8.35. The van der Waals surface area contributed by atoms with Crippen molar-refractivity contribution in [3.05, 3.63) is 11.3 Å². The standard InChI is InChI=1S/C11H19N3/c1-4-14-11(13-3)9-7-5-6-8-10(9)12-2/h2,4-8H2,1,3H3,(H,13,14). The molecule has 78 valence electrons. The smallest absolute Gasteiger partial charge is 0.125 e. The molecule has 3 heteroatoms. The highest BCUT2D eigenvalue weighted by Gasteiger charge is 2.15. The highest BCUT2D eigenvalue weighted by molar-refractivity contribution is 5.99. The maximum atomic E-state index is 4.26. The molecule has 1 N–H and O–H groups in total. The van der Waals surface area contributed by atoms with Gasteiger partial charge in [0.2, 0.25) is 0 Å². The lowest BCUT2D eigenvalue weighted by atomic mass is 9.95. The van der Waals surface area contributed by atoms with Gasteiger partial charge in [0.05, 0.1) is 0 Å². The third kappa shape index (κ3) is 2.44. The highest BCUT2D eigenvalue weighted by Crippen LogP contribution is 2.25. The highest BCUT2D eigenvalue weighted by atomic mass is 15.0. The summed E-state index contributed by atoms with van der Waals surface area (Å²) in [5.41, 5.74) is 2.38. The first-order valence-electron chi connectivity index (χ1n) is 5.23. The molecule has 0 heterocycles. The van der Waals surface area contributed by atoms with E-state index in [0.717, 1.165) is 30.9 Å². The van der Waals surface area contributed by atoms with Crippen molar-refractivity contribution < 1.29 is 0 Å². The second-order valence-corrected chi connectivity index (χ2v) is 3.39. The van der Waals surface area contributed by atoms with E-state index in [-0.39, 0.29) is 0 Å². The molecule has 0 unspecified atom stereocenters. The van der Waals surface area contributed by atoms with Gasteiger partial charge in [-0.15, -0.1) is 0 Å². The van der Waals surface area contributed by atoms with Gasteiger partial charge in [0, 0.05) is 24.9 Å². The quantitative estimate of drug-likeness (QED) is 0.541. The molecule has 0 aromatic rings. The van der Waals surface area contributed by atoms with Crippen molar-refractivity contribution in [3.63, 3.8) is 0 Å². The number of likely N-dealkylation sites (N-methyl/N-ethyl adjacent to an activating group) is 1. The van der Waals surface area contributed by atoms with Crippen LogP contribution in [0.3, 0.4) is 0 Å². The number of nitrogens with zero attached hydrogens (tertiary/aromatic N) is 2. The molecular weight excluding hydrogens is 174 g/mol. The van der Waals surface area contributed by atoms with Gasteiger partial charge in [-0.25, -0.2) is 0 Å². The van der Waals surface area contributed by atoms with Crippen molar-refractivity contribution in [1.29, 1.82) is 0 Å². The Labute approximate surface area is 86.0 Å². The van der Waals surface area contributed by atoms with Crippen LogP contribution < -0.4 is 5.32 Å². The summed E-state index contributed by atoms with van der Waals surface area (Å²) in [6.45, 7) is 6.60. The Morgan fingerprint density at radius 3 is 2.71 bits per heavy atom. The van der Waals surface area contributed by atoms with Crippen LogP contribution in [0.5, 0.6) is 0 Å². The van der Waals surface area contributed by atoms with Crippen LogP contribution >= 0.6 is 0 Å². The predicted molar refractivity (Wildman–Crippen MR) is 62.1 cm³/mol. The van der Waals surface area contributed by atoms with E-state index in [1.54, 1.807) is 0 Å². The van der Waals surface area contributed by atoms with E-state index in [4.69, 9.17) is 0 Å². The van der Waals surface area contributed by atoms with Gasteiger partial charge in [-0.3, -0.25) is 9.98 Å². The lowest BCUT2D eigenvalue weighted by Gasteiger charge is -2.19. The van der Waals surface area contributed by atoms with Crippen LogP contribution in [-0.4, -0.2) is 26.1 Å². The van der Waals surface area contributed by atoms with Crippen LogP contribution in [0.1, 0.15) is 32.6 Å². The van der Waals surface area contributed by atoms with Gasteiger partial charge in [-0.05, 0) is 39.3 Å². The molecule has 0 bridgehead atoms. The van der Waals surface area contributed by atoms with Crippen LogP contribution in [0.4, 0.5) is 0 Å². The second-order valence-electron chi connectivity index (χ2n) is 3.39. The van der Waals surface area contributed by atoms with E-state index in [9.17, 15) is 0 Å². The Balaban J connectivity index is 2.90. The van der Waals surface area contributed by atoms with Gasteiger partial charge in [-0.1, -0.05) is 0 Å². The average Bonchev–Trinajstić information content (AvgIpc) is 2.26. The molecule has 0 aromatic carbocycles. The molecule has 0 amide bonds. The molecule has 0 radical (unpaired) electrons. The first-order valence-corrected chi connectivity index (χ1v) is 5.23. The molecule has 14 heavy (non-hydrogen) atoms. The number of nitrogens with one attached hydrogen (secondary N) is 1. The lowest BCUT2D eigenvalue weighted by Crippen LogP contribution is -2.26. The van der Waals surface area contributed by atoms with Crippen molar-refractivity contribution in [3.8, 4) is 0 Å². The van der Waals surface area contributed by atoms with E-state index in [0.29, 0.717) is 0 Å². The zero-order chi connectivity index (χ0) is 10.4. The molecule has 0 fully saturated rings. The number of hydrogen-bond acceptors (Lipinski definition) is 2. The summed E-state index contributed by atoms with van der Waals surface area (Å²) in [5.74, 6) is 0.995. The molecule has 3 nitrogen and oxygen atoms in total. The van der Waals surface area contributed by atoms with Crippen molar-refractivity contribution in [2.45, 2.75) is 32.6 Å². The maximum Gasteiger partial charge on any atom is 0.125 e. The predicted octanol–water partition coefficient (Wildman–Crippen LogP) is 2.15. The molecule has 1 aliphatic carbocycles. The largest absolute Gasteiger partial charge is 0.370 e. The zero-order valence-corrected chi connectivity index (χ0v) is 9.14. The topological polar surface area (TPSA) is 36.8 Å². The molecule has 0 saturated heterocycles. The average molecular weight is 193 g/mol. The first-order chi connectivity index (χ1) is 6.83. The van der Waals surface area contributed by atoms with Crippen molar-refractivity contribution in [2.24, 2.45) is 9.98 Å². The number of aliphatic imine (C=N–C) groups is 2. The minimum Gasteiger partial charge on any atom is -0.370 e. The summed E-state index contributed by atoms with van der Waals surface area (Å²) in [5, 5.41) is 3.27. The Kier molecular flexibility index (Phi) is 4.36. The van der Waals surface area contributed by atoms with Gasteiger partial charge in [-0.2, -0.15) is 0 Å². The summed E-state index contributed by atoms with van der Waals surface area (Å²) in [6, 6.07) is 0. The molecule has 1 rings (SSSR count).